The van der Waals surface area contributed by atoms with Crippen LogP contribution in [0.3, 0.4) is 0 Å². The van der Waals surface area contributed by atoms with Gasteiger partial charge in [0.15, 0.2) is 0 Å². The average molecular weight is 165 g/mol. The fourth-order valence-electron chi connectivity index (χ4n) is 0.807. The Labute approximate surface area is 69.2 Å². The number of aryl methyl sites for hydroxylation is 1. The van der Waals surface area contributed by atoms with Crippen LogP contribution in [0.15, 0.2) is 18.3 Å². The van der Waals surface area contributed by atoms with Gasteiger partial charge in [0.05, 0.1) is 11.3 Å². The van der Waals surface area contributed by atoms with Crippen LogP contribution in [0.4, 0.5) is 0 Å². The van der Waals surface area contributed by atoms with Gasteiger partial charge >= 0.3 is 12.4 Å². The van der Waals surface area contributed by atoms with Crippen molar-refractivity contribution in [2.45, 2.75) is 6.92 Å². The van der Waals surface area contributed by atoms with Crippen LogP contribution in [-0.2, 0) is 9.53 Å². The molecule has 12 heavy (non-hydrogen) atoms. The molecule has 0 amide bonds. The number of nitrogens with zero attached hydrogens (tertiary/aromatic N) is 1. The van der Waals surface area contributed by atoms with Crippen molar-refractivity contribution in [2.75, 3.05) is 0 Å². The molecule has 1 aromatic rings. The molecule has 0 aliphatic heterocycles. The fraction of sp³-hybridized carbons (Fsp3) is 0.125. The van der Waals surface area contributed by atoms with E-state index < -0.39 is 5.97 Å². The van der Waals surface area contributed by atoms with Gasteiger partial charge in [0.25, 0.3) is 0 Å². The van der Waals surface area contributed by atoms with Gasteiger partial charge in [0.1, 0.15) is 0 Å². The average Bonchev–Trinajstić information content (AvgIpc) is 2.05. The van der Waals surface area contributed by atoms with E-state index in [1.807, 2.05) is 0 Å². The van der Waals surface area contributed by atoms with Gasteiger partial charge in [-0.05, 0) is 19.1 Å². The first-order valence-corrected chi connectivity index (χ1v) is 3.32. The summed E-state index contributed by atoms with van der Waals surface area (Å²) >= 11 is 0. The highest BCUT2D eigenvalue weighted by Gasteiger charge is 2.09. The van der Waals surface area contributed by atoms with Gasteiger partial charge in [-0.25, -0.2) is 4.79 Å². The van der Waals surface area contributed by atoms with Crippen LogP contribution in [0.25, 0.3) is 0 Å². The largest absolute Gasteiger partial charge is 0.392 e. The van der Waals surface area contributed by atoms with E-state index >= 15 is 0 Å². The maximum Gasteiger partial charge on any atom is 0.347 e. The monoisotopic (exact) mass is 165 g/mol. The second-order valence-corrected chi connectivity index (χ2v) is 2.14. The lowest BCUT2D eigenvalue weighted by molar-refractivity contribution is -0.123. The summed E-state index contributed by atoms with van der Waals surface area (Å²) in [5, 5.41) is 0. The van der Waals surface area contributed by atoms with Crippen molar-refractivity contribution in [1.29, 1.82) is 0 Å². The van der Waals surface area contributed by atoms with Crippen molar-refractivity contribution in [1.82, 2.24) is 4.98 Å². The van der Waals surface area contributed by atoms with Crippen LogP contribution < -0.4 is 0 Å². The number of esters is 1. The SMILES string of the molecule is Cc1ncccc1C(=O)OC=O. The number of ether oxygens (including phenoxy) is 1. The third kappa shape index (κ3) is 1.66. The number of aromatic nitrogens is 1. The van der Waals surface area contributed by atoms with Crippen molar-refractivity contribution in [2.24, 2.45) is 0 Å². The molecule has 0 saturated heterocycles. The summed E-state index contributed by atoms with van der Waals surface area (Å²) < 4.78 is 4.15. The predicted molar refractivity (Wildman–Crippen MR) is 40.5 cm³/mol. The van der Waals surface area contributed by atoms with Gasteiger partial charge in [0, 0.05) is 6.20 Å². The molecule has 0 radical (unpaired) electrons. The van der Waals surface area contributed by atoms with Crippen molar-refractivity contribution in [3.8, 4) is 0 Å². The Kier molecular flexibility index (Phi) is 2.53. The Morgan fingerprint density at radius 2 is 2.42 bits per heavy atom. The van der Waals surface area contributed by atoms with Crippen LogP contribution in [-0.4, -0.2) is 17.4 Å². The molecule has 0 atom stereocenters. The maximum absolute atomic E-state index is 11.0. The lowest BCUT2D eigenvalue weighted by Gasteiger charge is -1.99. The molecule has 0 N–H and O–H groups in total. The lowest BCUT2D eigenvalue weighted by atomic mass is 10.2. The molecule has 0 bridgehead atoms. The van der Waals surface area contributed by atoms with E-state index in [9.17, 15) is 9.59 Å². The van der Waals surface area contributed by atoms with Crippen LogP contribution in [0, 0.1) is 6.92 Å². The Morgan fingerprint density at radius 1 is 1.67 bits per heavy atom. The zero-order valence-electron chi connectivity index (χ0n) is 6.48. The number of hydrogen-bond donors (Lipinski definition) is 0. The number of carbonyl (C=O) groups is 2. The van der Waals surface area contributed by atoms with Gasteiger partial charge in [-0.2, -0.15) is 0 Å². The van der Waals surface area contributed by atoms with E-state index in [1.165, 1.54) is 0 Å². The molecular weight excluding hydrogens is 158 g/mol. The van der Waals surface area contributed by atoms with Gasteiger partial charge in [-0.3, -0.25) is 9.78 Å². The summed E-state index contributed by atoms with van der Waals surface area (Å²) in [5.41, 5.74) is 0.856. The van der Waals surface area contributed by atoms with Crippen molar-refractivity contribution < 1.29 is 14.3 Å². The van der Waals surface area contributed by atoms with E-state index in [1.54, 1.807) is 25.3 Å². The maximum atomic E-state index is 11.0. The minimum Gasteiger partial charge on any atom is -0.392 e. The Hall–Kier alpha value is -1.71. The quantitative estimate of drug-likeness (QED) is 0.368. The second-order valence-electron chi connectivity index (χ2n) is 2.14. The predicted octanol–water partition coefficient (Wildman–Crippen LogP) is 0.703. The van der Waals surface area contributed by atoms with Gasteiger partial charge in [-0.15, -0.1) is 0 Å². The summed E-state index contributed by atoms with van der Waals surface area (Å²) in [5.74, 6) is -0.671. The van der Waals surface area contributed by atoms with E-state index in [4.69, 9.17) is 0 Å². The summed E-state index contributed by atoms with van der Waals surface area (Å²) in [6.45, 7) is 1.77. The first-order chi connectivity index (χ1) is 5.75. The van der Waals surface area contributed by atoms with Crippen LogP contribution >= 0.6 is 0 Å². The summed E-state index contributed by atoms with van der Waals surface area (Å²) in [6.07, 6.45) is 1.56. The molecule has 4 heteroatoms. The minimum atomic E-state index is -0.671. The first-order valence-electron chi connectivity index (χ1n) is 3.32. The zero-order valence-corrected chi connectivity index (χ0v) is 6.48. The molecule has 1 rings (SSSR count). The van der Waals surface area contributed by atoms with Crippen molar-refractivity contribution in [3.05, 3.63) is 29.6 Å². The molecule has 0 fully saturated rings. The van der Waals surface area contributed by atoms with Crippen molar-refractivity contribution >= 4 is 12.4 Å². The highest BCUT2D eigenvalue weighted by Crippen LogP contribution is 2.04. The molecular formula is C8H7NO3. The molecule has 0 unspecified atom stereocenters. The van der Waals surface area contributed by atoms with E-state index in [-0.39, 0.29) is 6.47 Å². The van der Waals surface area contributed by atoms with Crippen molar-refractivity contribution in [3.63, 3.8) is 0 Å². The molecule has 4 nitrogen and oxygen atoms in total. The fourth-order valence-corrected chi connectivity index (χ4v) is 0.807. The van der Waals surface area contributed by atoms with Gasteiger partial charge < -0.3 is 4.74 Å². The first kappa shape index (κ1) is 8.39. The minimum absolute atomic E-state index is 0.106. The van der Waals surface area contributed by atoms with E-state index in [0.717, 1.165) is 0 Å². The standard InChI is InChI=1S/C8H7NO3/c1-6-7(3-2-4-9-6)8(11)12-5-10/h2-5H,1H3. The zero-order chi connectivity index (χ0) is 8.97. The Bertz CT molecular complexity index is 309. The summed E-state index contributed by atoms with van der Waals surface area (Å²) in [7, 11) is 0. The third-order valence-corrected chi connectivity index (χ3v) is 1.38. The number of hydrogen-bond acceptors (Lipinski definition) is 4. The van der Waals surface area contributed by atoms with Crippen LogP contribution in [0.2, 0.25) is 0 Å². The van der Waals surface area contributed by atoms with E-state index in [2.05, 4.69) is 9.72 Å². The summed E-state index contributed by atoms with van der Waals surface area (Å²) in [6, 6.07) is 3.16. The molecule has 1 aromatic heterocycles. The highest BCUT2D eigenvalue weighted by molar-refractivity contribution is 5.93. The molecule has 0 aromatic carbocycles. The smallest absolute Gasteiger partial charge is 0.347 e. The topological polar surface area (TPSA) is 56.3 Å². The molecule has 62 valence electrons. The number of carbonyl (C=O) groups excluding carboxylic acids is 2. The Morgan fingerprint density at radius 3 is 3.00 bits per heavy atom. The molecule has 0 saturated carbocycles. The van der Waals surface area contributed by atoms with Gasteiger partial charge in [0.2, 0.25) is 0 Å². The Balaban J connectivity index is 2.94. The lowest BCUT2D eigenvalue weighted by Crippen LogP contribution is -2.06. The second kappa shape index (κ2) is 3.61. The molecule has 1 heterocycles. The van der Waals surface area contributed by atoms with Crippen LogP contribution in [0.5, 0.6) is 0 Å². The molecule has 0 spiro atoms. The summed E-state index contributed by atoms with van der Waals surface area (Å²) in [4.78, 5) is 24.7. The normalized spacial score (nSPS) is 9.08. The number of pyridine rings is 1. The molecule has 0 aliphatic carbocycles. The molecule has 0 aliphatic rings. The van der Waals surface area contributed by atoms with Crippen LogP contribution in [0.1, 0.15) is 16.1 Å². The number of rotatable bonds is 2. The van der Waals surface area contributed by atoms with Gasteiger partial charge in [-0.1, -0.05) is 0 Å². The highest BCUT2D eigenvalue weighted by atomic mass is 16.6. The third-order valence-electron chi connectivity index (χ3n) is 1.38. The van der Waals surface area contributed by atoms with E-state index in [0.29, 0.717) is 11.3 Å².